The van der Waals surface area contributed by atoms with E-state index >= 15 is 0 Å². The van der Waals surface area contributed by atoms with E-state index in [4.69, 9.17) is 5.73 Å². The Bertz CT molecular complexity index is 569. The second kappa shape index (κ2) is 4.79. The predicted octanol–water partition coefficient (Wildman–Crippen LogP) is 2.36. The van der Waals surface area contributed by atoms with Crippen molar-refractivity contribution in [1.29, 1.82) is 0 Å². The molecule has 1 aromatic carbocycles. The van der Waals surface area contributed by atoms with Gasteiger partial charge in [0.1, 0.15) is 0 Å². The van der Waals surface area contributed by atoms with Gasteiger partial charge in [-0.15, -0.1) is 0 Å². The van der Waals surface area contributed by atoms with Crippen LogP contribution in [0.3, 0.4) is 0 Å². The van der Waals surface area contributed by atoms with E-state index in [9.17, 15) is 21.6 Å². The lowest BCUT2D eigenvalue weighted by molar-refractivity contribution is -0.139. The third kappa shape index (κ3) is 2.76. The highest BCUT2D eigenvalue weighted by Gasteiger charge is 2.41. The summed E-state index contributed by atoms with van der Waals surface area (Å²) in [5, 5.41) is -0.814. The van der Waals surface area contributed by atoms with Crippen LogP contribution >= 0.6 is 0 Å². The molecule has 0 aromatic heterocycles. The van der Waals surface area contributed by atoms with Gasteiger partial charge in [-0.25, -0.2) is 8.42 Å². The summed E-state index contributed by atoms with van der Waals surface area (Å²) in [6, 6.07) is 4.04. The minimum absolute atomic E-state index is 0.217. The lowest BCUT2D eigenvalue weighted by Crippen LogP contribution is -2.24. The van der Waals surface area contributed by atoms with E-state index in [-0.39, 0.29) is 12.5 Å². The van der Waals surface area contributed by atoms with E-state index in [1.807, 2.05) is 0 Å². The summed E-state index contributed by atoms with van der Waals surface area (Å²) in [6.45, 7) is 0. The summed E-state index contributed by atoms with van der Waals surface area (Å²) < 4.78 is 63.1. The lowest BCUT2D eigenvalue weighted by Gasteiger charge is -2.16. The number of hydrogen-bond acceptors (Lipinski definition) is 3. The van der Waals surface area contributed by atoms with Gasteiger partial charge < -0.3 is 5.73 Å². The average Bonchev–Trinajstić information content (AvgIpc) is 2.75. The summed E-state index contributed by atoms with van der Waals surface area (Å²) in [4.78, 5) is -0.637. The van der Waals surface area contributed by atoms with Gasteiger partial charge in [0, 0.05) is 6.04 Å². The zero-order valence-electron chi connectivity index (χ0n) is 10.0. The molecule has 0 amide bonds. The van der Waals surface area contributed by atoms with Crippen molar-refractivity contribution in [2.24, 2.45) is 5.73 Å². The molecule has 0 bridgehead atoms. The van der Waals surface area contributed by atoms with E-state index in [0.717, 1.165) is 12.1 Å². The van der Waals surface area contributed by atoms with Crippen molar-refractivity contribution < 1.29 is 21.6 Å². The summed E-state index contributed by atoms with van der Waals surface area (Å²) >= 11 is 0. The molecular weight excluding hydrogens is 279 g/mol. The molecule has 106 valence electrons. The normalized spacial score (nSPS) is 24.6. The smallest absolute Gasteiger partial charge is 0.328 e. The van der Waals surface area contributed by atoms with Crippen molar-refractivity contribution >= 4 is 9.84 Å². The standard InChI is InChI=1S/C12H14F3NO2S/c13-12(14,15)10-3-1-2-4-11(10)19(17,18)9-6-5-8(16)7-9/h1-4,8-9H,5-7,16H2. The van der Waals surface area contributed by atoms with Crippen LogP contribution in [-0.2, 0) is 16.0 Å². The molecule has 1 aromatic rings. The molecule has 2 atom stereocenters. The summed E-state index contributed by atoms with van der Waals surface area (Å²) in [6.07, 6.45) is -3.62. The highest BCUT2D eigenvalue weighted by Crippen LogP contribution is 2.37. The van der Waals surface area contributed by atoms with Gasteiger partial charge in [-0.05, 0) is 31.4 Å². The Morgan fingerprint density at radius 1 is 1.16 bits per heavy atom. The molecule has 1 saturated carbocycles. The number of benzene rings is 1. The Hall–Kier alpha value is -1.08. The molecule has 0 spiro atoms. The summed E-state index contributed by atoms with van der Waals surface area (Å²) in [5.74, 6) is 0. The number of rotatable bonds is 2. The Balaban J connectivity index is 2.47. The molecule has 1 fully saturated rings. The second-order valence-electron chi connectivity index (χ2n) is 4.73. The molecule has 2 unspecified atom stereocenters. The fraction of sp³-hybridized carbons (Fsp3) is 0.500. The maximum absolute atomic E-state index is 12.9. The molecule has 3 nitrogen and oxygen atoms in total. The molecule has 0 radical (unpaired) electrons. The van der Waals surface area contributed by atoms with Crippen molar-refractivity contribution in [1.82, 2.24) is 0 Å². The van der Waals surface area contributed by atoms with Crippen molar-refractivity contribution in [3.05, 3.63) is 29.8 Å². The van der Waals surface area contributed by atoms with Gasteiger partial charge in [-0.1, -0.05) is 12.1 Å². The van der Waals surface area contributed by atoms with Crippen LogP contribution in [0.25, 0.3) is 0 Å². The molecule has 0 heterocycles. The van der Waals surface area contributed by atoms with E-state index in [0.29, 0.717) is 12.8 Å². The van der Waals surface area contributed by atoms with Crippen LogP contribution in [0.2, 0.25) is 0 Å². The molecule has 1 aliphatic carbocycles. The third-order valence-corrected chi connectivity index (χ3v) is 5.64. The molecule has 0 saturated heterocycles. The average molecular weight is 293 g/mol. The largest absolute Gasteiger partial charge is 0.417 e. The quantitative estimate of drug-likeness (QED) is 0.910. The zero-order chi connectivity index (χ0) is 14.3. The minimum atomic E-state index is -4.68. The van der Waals surface area contributed by atoms with Crippen LogP contribution < -0.4 is 5.73 Å². The minimum Gasteiger partial charge on any atom is -0.328 e. The predicted molar refractivity (Wildman–Crippen MR) is 64.2 cm³/mol. The van der Waals surface area contributed by atoms with Crippen molar-refractivity contribution in [2.75, 3.05) is 0 Å². The van der Waals surface area contributed by atoms with Gasteiger partial charge in [-0.2, -0.15) is 13.2 Å². The third-order valence-electron chi connectivity index (χ3n) is 3.36. The Morgan fingerprint density at radius 2 is 1.79 bits per heavy atom. The van der Waals surface area contributed by atoms with Gasteiger partial charge in [0.25, 0.3) is 0 Å². The summed E-state index contributed by atoms with van der Waals surface area (Å²) in [7, 11) is -3.99. The van der Waals surface area contributed by atoms with E-state index < -0.39 is 31.7 Å². The topological polar surface area (TPSA) is 60.2 Å². The Morgan fingerprint density at radius 3 is 2.32 bits per heavy atom. The number of nitrogens with two attached hydrogens (primary N) is 1. The van der Waals surface area contributed by atoms with Gasteiger partial charge in [0.05, 0.1) is 15.7 Å². The van der Waals surface area contributed by atoms with Crippen molar-refractivity contribution in [3.8, 4) is 0 Å². The maximum atomic E-state index is 12.9. The van der Waals surface area contributed by atoms with Gasteiger partial charge in [0.2, 0.25) is 0 Å². The van der Waals surface area contributed by atoms with Gasteiger partial charge in [-0.3, -0.25) is 0 Å². The first-order chi connectivity index (χ1) is 8.73. The van der Waals surface area contributed by atoms with Gasteiger partial charge in [0.15, 0.2) is 9.84 Å². The van der Waals surface area contributed by atoms with Crippen LogP contribution in [-0.4, -0.2) is 19.7 Å². The van der Waals surface area contributed by atoms with Crippen LogP contribution in [0.4, 0.5) is 13.2 Å². The van der Waals surface area contributed by atoms with E-state index in [2.05, 4.69) is 0 Å². The fourth-order valence-corrected chi connectivity index (χ4v) is 4.45. The van der Waals surface area contributed by atoms with Crippen LogP contribution in [0.5, 0.6) is 0 Å². The number of sulfone groups is 1. The molecule has 0 aliphatic heterocycles. The molecule has 2 N–H and O–H groups in total. The van der Waals surface area contributed by atoms with Gasteiger partial charge >= 0.3 is 6.18 Å². The zero-order valence-corrected chi connectivity index (χ0v) is 10.8. The molecule has 2 rings (SSSR count). The van der Waals surface area contributed by atoms with Crippen molar-refractivity contribution in [3.63, 3.8) is 0 Å². The highest BCUT2D eigenvalue weighted by atomic mass is 32.2. The molecule has 19 heavy (non-hydrogen) atoms. The number of halogens is 3. The molecule has 1 aliphatic rings. The van der Waals surface area contributed by atoms with Crippen LogP contribution in [0.15, 0.2) is 29.2 Å². The second-order valence-corrected chi connectivity index (χ2v) is 6.93. The fourth-order valence-electron chi connectivity index (χ4n) is 2.38. The molecular formula is C12H14F3NO2S. The van der Waals surface area contributed by atoms with E-state index in [1.165, 1.54) is 12.1 Å². The summed E-state index contributed by atoms with van der Waals surface area (Å²) in [5.41, 5.74) is 4.54. The first-order valence-electron chi connectivity index (χ1n) is 5.88. The highest BCUT2D eigenvalue weighted by molar-refractivity contribution is 7.92. The van der Waals surface area contributed by atoms with Crippen molar-refractivity contribution in [2.45, 2.75) is 41.6 Å². The van der Waals surface area contributed by atoms with Crippen LogP contribution in [0.1, 0.15) is 24.8 Å². The number of hydrogen-bond donors (Lipinski definition) is 1. The maximum Gasteiger partial charge on any atom is 0.417 e. The Kier molecular flexibility index (Phi) is 3.61. The van der Waals surface area contributed by atoms with Crippen LogP contribution in [0, 0.1) is 0 Å². The Labute approximate surface area is 109 Å². The first-order valence-corrected chi connectivity index (χ1v) is 7.43. The SMILES string of the molecule is NC1CCC(S(=O)(=O)c2ccccc2C(F)(F)F)C1. The molecule has 7 heteroatoms. The monoisotopic (exact) mass is 293 g/mol. The first kappa shape index (κ1) is 14.3. The van der Waals surface area contributed by atoms with E-state index in [1.54, 1.807) is 0 Å². The number of alkyl halides is 3. The lowest BCUT2D eigenvalue weighted by atomic mass is 10.2.